The van der Waals surface area contributed by atoms with Gasteiger partial charge in [0, 0.05) is 10.6 Å². The smallest absolute Gasteiger partial charge is 0.296 e. The Hall–Kier alpha value is -3.14. The fourth-order valence-corrected chi connectivity index (χ4v) is 6.02. The third-order valence-electron chi connectivity index (χ3n) is 5.31. The standard InChI is InChI=1S/C23H15ClFN3O3S2/c1-10-21(32-11(2)26-10)19(29)17-18(13-5-3-4-6-14(13)25)28(22(31)20(17)30)23-27-15-8-7-12(24)9-16(15)33-23/h3-9,18,30H,1-2H3. The summed E-state index contributed by atoms with van der Waals surface area (Å²) in [6.07, 6.45) is 0. The molecule has 0 bridgehead atoms. The lowest BCUT2D eigenvalue weighted by Gasteiger charge is -2.24. The second-order valence-electron chi connectivity index (χ2n) is 7.45. The second kappa shape index (κ2) is 8.02. The number of benzene rings is 2. The van der Waals surface area contributed by atoms with Crippen LogP contribution in [0, 0.1) is 19.7 Å². The van der Waals surface area contributed by atoms with Crippen LogP contribution in [0.2, 0.25) is 5.02 Å². The highest BCUT2D eigenvalue weighted by Gasteiger charge is 2.47. The molecule has 6 nitrogen and oxygen atoms in total. The summed E-state index contributed by atoms with van der Waals surface area (Å²) in [7, 11) is 0. The van der Waals surface area contributed by atoms with Crippen LogP contribution in [0.3, 0.4) is 0 Å². The average molecular weight is 500 g/mol. The van der Waals surface area contributed by atoms with Crippen LogP contribution in [-0.2, 0) is 4.79 Å². The molecule has 166 valence electrons. The van der Waals surface area contributed by atoms with Gasteiger partial charge in [0.25, 0.3) is 5.91 Å². The van der Waals surface area contributed by atoms with Crippen molar-refractivity contribution in [3.63, 3.8) is 0 Å². The number of aliphatic hydroxyl groups is 1. The number of carbonyl (C=O) groups is 2. The summed E-state index contributed by atoms with van der Waals surface area (Å²) < 4.78 is 15.7. The van der Waals surface area contributed by atoms with Crippen molar-refractivity contribution in [3.05, 3.63) is 85.8 Å². The molecule has 0 aliphatic carbocycles. The van der Waals surface area contributed by atoms with Crippen LogP contribution < -0.4 is 4.90 Å². The molecule has 0 fully saturated rings. The van der Waals surface area contributed by atoms with Gasteiger partial charge < -0.3 is 5.11 Å². The lowest BCUT2D eigenvalue weighted by molar-refractivity contribution is -0.117. The highest BCUT2D eigenvalue weighted by Crippen LogP contribution is 2.45. The van der Waals surface area contributed by atoms with Crippen molar-refractivity contribution in [1.29, 1.82) is 0 Å². The fourth-order valence-electron chi connectivity index (χ4n) is 3.88. The zero-order valence-electron chi connectivity index (χ0n) is 17.3. The number of fused-ring (bicyclic) bond motifs is 1. The van der Waals surface area contributed by atoms with Gasteiger partial charge in [-0.25, -0.2) is 14.4 Å². The molecule has 1 amide bonds. The molecule has 3 heterocycles. The minimum Gasteiger partial charge on any atom is -0.503 e. The van der Waals surface area contributed by atoms with Gasteiger partial charge in [0.1, 0.15) is 11.9 Å². The first kappa shape index (κ1) is 21.7. The van der Waals surface area contributed by atoms with Crippen molar-refractivity contribution in [2.24, 2.45) is 0 Å². The zero-order valence-corrected chi connectivity index (χ0v) is 19.7. The number of halogens is 2. The summed E-state index contributed by atoms with van der Waals surface area (Å²) >= 11 is 8.41. The first-order valence-electron chi connectivity index (χ1n) is 9.82. The van der Waals surface area contributed by atoms with Gasteiger partial charge in [-0.3, -0.25) is 14.5 Å². The summed E-state index contributed by atoms with van der Waals surface area (Å²) in [6.45, 7) is 3.44. The molecule has 4 aromatic rings. The molecule has 2 aromatic heterocycles. The Morgan fingerprint density at radius 3 is 2.61 bits per heavy atom. The Labute approximate surface area is 200 Å². The van der Waals surface area contributed by atoms with Crippen LogP contribution in [0.4, 0.5) is 9.52 Å². The van der Waals surface area contributed by atoms with Gasteiger partial charge in [-0.15, -0.1) is 11.3 Å². The van der Waals surface area contributed by atoms with Gasteiger partial charge in [-0.1, -0.05) is 41.1 Å². The van der Waals surface area contributed by atoms with E-state index in [2.05, 4.69) is 9.97 Å². The maximum atomic E-state index is 15.0. The minimum absolute atomic E-state index is 0.0782. The summed E-state index contributed by atoms with van der Waals surface area (Å²) in [6, 6.07) is 9.76. The van der Waals surface area contributed by atoms with E-state index in [0.717, 1.165) is 22.7 Å². The maximum Gasteiger partial charge on any atom is 0.296 e. The number of anilines is 1. The number of rotatable bonds is 4. The summed E-state index contributed by atoms with van der Waals surface area (Å²) in [5.74, 6) is -2.72. The number of hydrogen-bond acceptors (Lipinski definition) is 7. The number of amides is 1. The Kier molecular flexibility index (Phi) is 5.27. The van der Waals surface area contributed by atoms with E-state index in [4.69, 9.17) is 11.6 Å². The molecule has 1 atom stereocenters. The van der Waals surface area contributed by atoms with E-state index in [9.17, 15) is 19.1 Å². The largest absolute Gasteiger partial charge is 0.503 e. The third-order valence-corrected chi connectivity index (χ3v) is 7.63. The van der Waals surface area contributed by atoms with Gasteiger partial charge in [0.05, 0.1) is 31.4 Å². The van der Waals surface area contributed by atoms with E-state index in [0.29, 0.717) is 30.8 Å². The van der Waals surface area contributed by atoms with E-state index in [1.165, 1.54) is 23.1 Å². The molecule has 0 spiro atoms. The molecule has 2 aromatic carbocycles. The highest BCUT2D eigenvalue weighted by atomic mass is 35.5. The van der Waals surface area contributed by atoms with Crippen LogP contribution in [-0.4, -0.2) is 26.8 Å². The number of aromatic nitrogens is 2. The molecule has 10 heteroatoms. The molecular weight excluding hydrogens is 485 g/mol. The first-order chi connectivity index (χ1) is 15.8. The Bertz CT molecular complexity index is 1490. The highest BCUT2D eigenvalue weighted by molar-refractivity contribution is 7.22. The van der Waals surface area contributed by atoms with Crippen molar-refractivity contribution < 1.29 is 19.1 Å². The zero-order chi connectivity index (χ0) is 23.4. The molecule has 1 aliphatic rings. The van der Waals surface area contributed by atoms with Gasteiger partial charge in [-0.2, -0.15) is 0 Å². The number of nitrogens with zero attached hydrogens (tertiary/aromatic N) is 3. The predicted octanol–water partition coefficient (Wildman–Crippen LogP) is 5.95. The number of Topliss-reactive ketones (excluding diaryl/α,β-unsaturated/α-hetero) is 1. The SMILES string of the molecule is Cc1nc(C)c(C(=O)C2=C(O)C(=O)N(c3nc4ccc(Cl)cc4s3)C2c2ccccc2F)s1. The molecule has 1 aliphatic heterocycles. The van der Waals surface area contributed by atoms with Crippen molar-refractivity contribution in [1.82, 2.24) is 9.97 Å². The van der Waals surface area contributed by atoms with Crippen LogP contribution in [0.1, 0.15) is 32.0 Å². The summed E-state index contributed by atoms with van der Waals surface area (Å²) in [4.78, 5) is 37.0. The second-order valence-corrected chi connectivity index (χ2v) is 10.1. The van der Waals surface area contributed by atoms with E-state index in [1.807, 2.05) is 0 Å². The number of aryl methyl sites for hydroxylation is 2. The molecule has 5 rings (SSSR count). The lowest BCUT2D eigenvalue weighted by atomic mass is 9.95. The lowest BCUT2D eigenvalue weighted by Crippen LogP contribution is -2.31. The average Bonchev–Trinajstić information content (AvgIpc) is 3.41. The molecule has 1 N–H and O–H groups in total. The molecule has 0 saturated heterocycles. The predicted molar refractivity (Wildman–Crippen MR) is 127 cm³/mol. The Balaban J connectivity index is 1.71. The monoisotopic (exact) mass is 499 g/mol. The van der Waals surface area contributed by atoms with Crippen molar-refractivity contribution in [2.75, 3.05) is 4.90 Å². The van der Waals surface area contributed by atoms with Crippen molar-refractivity contribution in [3.8, 4) is 0 Å². The quantitative estimate of drug-likeness (QED) is 0.351. The summed E-state index contributed by atoms with van der Waals surface area (Å²) in [5.41, 5.74) is 0.951. The third kappa shape index (κ3) is 3.52. The topological polar surface area (TPSA) is 83.4 Å². The molecule has 0 saturated carbocycles. The molecule has 1 unspecified atom stereocenters. The Morgan fingerprint density at radius 2 is 1.91 bits per heavy atom. The fraction of sp³-hybridized carbons (Fsp3) is 0.130. The Morgan fingerprint density at radius 1 is 1.15 bits per heavy atom. The van der Waals surface area contributed by atoms with Gasteiger partial charge in [-0.05, 0) is 38.1 Å². The van der Waals surface area contributed by atoms with Gasteiger partial charge >= 0.3 is 0 Å². The first-order valence-corrected chi connectivity index (χ1v) is 11.8. The van der Waals surface area contributed by atoms with Gasteiger partial charge in [0.15, 0.2) is 10.9 Å². The normalized spacial score (nSPS) is 16.3. The number of thiazole rings is 2. The minimum atomic E-state index is -1.19. The molecular formula is C23H15ClFN3O3S2. The van der Waals surface area contributed by atoms with Crippen molar-refractivity contribution >= 4 is 61.3 Å². The van der Waals surface area contributed by atoms with E-state index >= 15 is 0 Å². The number of aliphatic hydroxyl groups excluding tert-OH is 1. The number of hydrogen-bond donors (Lipinski definition) is 1. The summed E-state index contributed by atoms with van der Waals surface area (Å²) in [5, 5.41) is 12.2. The van der Waals surface area contributed by atoms with Crippen LogP contribution in [0.5, 0.6) is 0 Å². The maximum absolute atomic E-state index is 15.0. The molecule has 33 heavy (non-hydrogen) atoms. The number of carbonyl (C=O) groups excluding carboxylic acids is 2. The van der Waals surface area contributed by atoms with Crippen molar-refractivity contribution in [2.45, 2.75) is 19.9 Å². The van der Waals surface area contributed by atoms with E-state index < -0.39 is 29.3 Å². The molecule has 0 radical (unpaired) electrons. The van der Waals surface area contributed by atoms with Crippen LogP contribution >= 0.6 is 34.3 Å². The van der Waals surface area contributed by atoms with E-state index in [-0.39, 0.29) is 16.3 Å². The van der Waals surface area contributed by atoms with Gasteiger partial charge in [0.2, 0.25) is 5.78 Å². The van der Waals surface area contributed by atoms with E-state index in [1.54, 1.807) is 38.1 Å². The van der Waals surface area contributed by atoms with Crippen LogP contribution in [0.15, 0.2) is 53.8 Å². The number of ketones is 1. The van der Waals surface area contributed by atoms with Crippen LogP contribution in [0.25, 0.3) is 10.2 Å².